The van der Waals surface area contributed by atoms with Crippen molar-refractivity contribution in [2.45, 2.75) is 64.2 Å². The van der Waals surface area contributed by atoms with Crippen LogP contribution in [0.2, 0.25) is 0 Å². The number of allylic oxidation sites excluding steroid dienone is 1. The lowest BCUT2D eigenvalue weighted by molar-refractivity contribution is -0.115. The molecular weight excluding hydrogens is 260 g/mol. The highest BCUT2D eigenvalue weighted by Crippen LogP contribution is 2.32. The number of carbonyl (C=O) groups excluding carboxylic acids is 1. The van der Waals surface area contributed by atoms with Crippen LogP contribution in [0.3, 0.4) is 0 Å². The van der Waals surface area contributed by atoms with Crippen LogP contribution in [0.1, 0.15) is 64.2 Å². The van der Waals surface area contributed by atoms with Gasteiger partial charge in [-0.15, -0.1) is 23.5 Å². The quantitative estimate of drug-likeness (QED) is 0.632. The van der Waals surface area contributed by atoms with E-state index in [1.165, 1.54) is 49.2 Å². The molecule has 0 unspecified atom stereocenters. The molecule has 0 aromatic rings. The van der Waals surface area contributed by atoms with E-state index in [1.54, 1.807) is 23.5 Å². The Hall–Kier alpha value is 0.110. The molecule has 1 saturated carbocycles. The molecule has 18 heavy (non-hydrogen) atoms. The van der Waals surface area contributed by atoms with Crippen molar-refractivity contribution in [1.29, 1.82) is 0 Å². The number of Topliss-reactive ketones (excluding diaryl/α,β-unsaturated/α-hetero) is 1. The van der Waals surface area contributed by atoms with Crippen LogP contribution in [-0.2, 0) is 4.79 Å². The van der Waals surface area contributed by atoms with E-state index >= 15 is 0 Å². The maximum Gasteiger partial charge on any atom is 0.160 e. The van der Waals surface area contributed by atoms with Crippen LogP contribution < -0.4 is 0 Å². The summed E-state index contributed by atoms with van der Waals surface area (Å²) in [6, 6.07) is 0. The number of hydrogen-bond donors (Lipinski definition) is 0. The summed E-state index contributed by atoms with van der Waals surface area (Å²) in [5.74, 6) is 0.411. The van der Waals surface area contributed by atoms with Crippen molar-refractivity contribution in [3.05, 3.63) is 9.81 Å². The van der Waals surface area contributed by atoms with Gasteiger partial charge in [0.05, 0.1) is 0 Å². The number of ketones is 1. The summed E-state index contributed by atoms with van der Waals surface area (Å²) >= 11 is 3.48. The van der Waals surface area contributed by atoms with E-state index in [-0.39, 0.29) is 0 Å². The van der Waals surface area contributed by atoms with Crippen molar-refractivity contribution in [2.24, 2.45) is 0 Å². The lowest BCUT2D eigenvalue weighted by Crippen LogP contribution is -2.05. The molecule has 1 aliphatic rings. The van der Waals surface area contributed by atoms with Gasteiger partial charge in [0.1, 0.15) is 0 Å². The van der Waals surface area contributed by atoms with Crippen LogP contribution in [0.4, 0.5) is 0 Å². The molecule has 3 heteroatoms. The summed E-state index contributed by atoms with van der Waals surface area (Å²) in [5.41, 5.74) is 1.12. The Kier molecular flexibility index (Phi) is 8.95. The third-order valence-corrected chi connectivity index (χ3v) is 5.77. The maximum atomic E-state index is 12.3. The fourth-order valence-corrected chi connectivity index (χ4v) is 4.08. The Balaban J connectivity index is 2.69. The molecule has 0 aromatic heterocycles. The summed E-state index contributed by atoms with van der Waals surface area (Å²) in [4.78, 5) is 12.3. The molecular formula is C15H26OS2. The molecule has 0 aliphatic heterocycles. The van der Waals surface area contributed by atoms with E-state index in [0.29, 0.717) is 5.78 Å². The van der Waals surface area contributed by atoms with Gasteiger partial charge in [0.25, 0.3) is 0 Å². The lowest BCUT2D eigenvalue weighted by Gasteiger charge is -2.12. The van der Waals surface area contributed by atoms with Gasteiger partial charge >= 0.3 is 0 Å². The summed E-state index contributed by atoms with van der Waals surface area (Å²) in [6.45, 7) is 0. The van der Waals surface area contributed by atoms with Crippen molar-refractivity contribution >= 4 is 29.3 Å². The molecule has 0 bridgehead atoms. The van der Waals surface area contributed by atoms with Gasteiger partial charge < -0.3 is 0 Å². The molecule has 0 spiro atoms. The van der Waals surface area contributed by atoms with E-state index in [1.807, 2.05) is 0 Å². The van der Waals surface area contributed by atoms with Gasteiger partial charge in [-0.05, 0) is 31.8 Å². The van der Waals surface area contributed by atoms with Crippen molar-refractivity contribution < 1.29 is 4.79 Å². The zero-order chi connectivity index (χ0) is 13.2. The van der Waals surface area contributed by atoms with E-state index in [4.69, 9.17) is 0 Å². The Bertz CT molecular complexity index is 278. The van der Waals surface area contributed by atoms with Gasteiger partial charge in [0.2, 0.25) is 0 Å². The molecule has 1 fully saturated rings. The first kappa shape index (κ1) is 16.2. The average molecular weight is 287 g/mol. The smallest absolute Gasteiger partial charge is 0.160 e. The third-order valence-electron chi connectivity index (χ3n) is 3.53. The Morgan fingerprint density at radius 2 is 1.22 bits per heavy atom. The zero-order valence-corrected chi connectivity index (χ0v) is 13.4. The van der Waals surface area contributed by atoms with Gasteiger partial charge in [-0.2, -0.15) is 0 Å². The highest BCUT2D eigenvalue weighted by molar-refractivity contribution is 8.21. The van der Waals surface area contributed by atoms with E-state index in [9.17, 15) is 4.79 Å². The van der Waals surface area contributed by atoms with Crippen molar-refractivity contribution in [3.8, 4) is 0 Å². The Morgan fingerprint density at radius 1 is 0.778 bits per heavy atom. The molecule has 0 aromatic carbocycles. The number of thioether (sulfide) groups is 2. The summed E-state index contributed by atoms with van der Waals surface area (Å²) in [6.07, 6.45) is 16.1. The van der Waals surface area contributed by atoms with Crippen molar-refractivity contribution in [2.75, 3.05) is 12.5 Å². The predicted octanol–water partition coefficient (Wildman–Crippen LogP) is 5.41. The zero-order valence-electron chi connectivity index (χ0n) is 11.8. The first-order chi connectivity index (χ1) is 8.79. The van der Waals surface area contributed by atoms with Gasteiger partial charge in [0, 0.05) is 16.2 Å². The molecule has 0 amide bonds. The van der Waals surface area contributed by atoms with Gasteiger partial charge in [-0.3, -0.25) is 4.79 Å². The van der Waals surface area contributed by atoms with E-state index in [0.717, 1.165) is 24.8 Å². The summed E-state index contributed by atoms with van der Waals surface area (Å²) in [7, 11) is 0. The van der Waals surface area contributed by atoms with Crippen LogP contribution in [0.15, 0.2) is 9.81 Å². The summed E-state index contributed by atoms with van der Waals surface area (Å²) < 4.78 is 1.25. The van der Waals surface area contributed by atoms with Crippen molar-refractivity contribution in [3.63, 3.8) is 0 Å². The first-order valence-electron chi connectivity index (χ1n) is 7.14. The van der Waals surface area contributed by atoms with Crippen LogP contribution in [0, 0.1) is 0 Å². The predicted molar refractivity (Wildman–Crippen MR) is 85.2 cm³/mol. The topological polar surface area (TPSA) is 17.1 Å². The van der Waals surface area contributed by atoms with Crippen LogP contribution in [0.25, 0.3) is 0 Å². The SMILES string of the molecule is CSC(SC)=C1CCCCCCCCCCC1=O. The molecule has 0 saturated heterocycles. The lowest BCUT2D eigenvalue weighted by atomic mass is 9.97. The van der Waals surface area contributed by atoms with Gasteiger partial charge in [-0.1, -0.05) is 38.5 Å². The van der Waals surface area contributed by atoms with Crippen LogP contribution >= 0.6 is 23.5 Å². The minimum absolute atomic E-state index is 0.411. The first-order valence-corrected chi connectivity index (χ1v) is 9.59. The molecule has 0 radical (unpaired) electrons. The third kappa shape index (κ3) is 5.83. The molecule has 0 N–H and O–H groups in total. The largest absolute Gasteiger partial charge is 0.294 e. The molecule has 0 atom stereocenters. The average Bonchev–Trinajstić information content (AvgIpc) is 2.37. The summed E-state index contributed by atoms with van der Waals surface area (Å²) in [5, 5.41) is 0. The molecule has 1 nitrogen and oxygen atoms in total. The van der Waals surface area contributed by atoms with Gasteiger partial charge in [0.15, 0.2) is 5.78 Å². The Labute approximate surface area is 121 Å². The molecule has 1 aliphatic carbocycles. The fraction of sp³-hybridized carbons (Fsp3) is 0.800. The molecule has 1 rings (SSSR count). The maximum absolute atomic E-state index is 12.3. The van der Waals surface area contributed by atoms with E-state index in [2.05, 4.69) is 12.5 Å². The minimum atomic E-state index is 0.411. The normalized spacial score (nSPS) is 20.1. The second-order valence-corrected chi connectivity index (χ2v) is 6.82. The fourth-order valence-electron chi connectivity index (χ4n) is 2.48. The molecule has 104 valence electrons. The second-order valence-electron chi connectivity index (χ2n) is 4.93. The van der Waals surface area contributed by atoms with E-state index < -0.39 is 0 Å². The van der Waals surface area contributed by atoms with Crippen LogP contribution in [0.5, 0.6) is 0 Å². The number of hydrogen-bond acceptors (Lipinski definition) is 3. The highest BCUT2D eigenvalue weighted by Gasteiger charge is 2.14. The second kappa shape index (κ2) is 9.96. The number of rotatable bonds is 2. The Morgan fingerprint density at radius 3 is 1.72 bits per heavy atom. The van der Waals surface area contributed by atoms with Gasteiger partial charge in [-0.25, -0.2) is 0 Å². The van der Waals surface area contributed by atoms with Crippen LogP contribution in [-0.4, -0.2) is 18.3 Å². The minimum Gasteiger partial charge on any atom is -0.294 e. The standard InChI is InChI=1S/C15H26OS2/c1-17-15(18-2)13-11-9-7-5-3-4-6-8-10-12-14(13)16/h3-12H2,1-2H3. The molecule has 0 heterocycles. The monoisotopic (exact) mass is 286 g/mol. The number of carbonyl (C=O) groups is 1. The highest BCUT2D eigenvalue weighted by atomic mass is 32.2. The van der Waals surface area contributed by atoms with Crippen molar-refractivity contribution in [1.82, 2.24) is 0 Å².